The average Bonchev–Trinajstić information content (AvgIpc) is 2.73. The zero-order chi connectivity index (χ0) is 11.2. The van der Waals surface area contributed by atoms with Crippen LogP contribution in [0.15, 0.2) is 30.3 Å². The van der Waals surface area contributed by atoms with Gasteiger partial charge in [0.15, 0.2) is 0 Å². The molecule has 0 saturated heterocycles. The van der Waals surface area contributed by atoms with Crippen LogP contribution in [0.1, 0.15) is 0 Å². The van der Waals surface area contributed by atoms with Gasteiger partial charge in [0.05, 0.1) is 26.0 Å². The second-order valence-electron chi connectivity index (χ2n) is 3.59. The fourth-order valence-electron chi connectivity index (χ4n) is 1.66. The Balaban J connectivity index is 1.89. The van der Waals surface area contributed by atoms with Crippen molar-refractivity contribution < 1.29 is 9.47 Å². The quantitative estimate of drug-likeness (QED) is 0.693. The van der Waals surface area contributed by atoms with Gasteiger partial charge in [-0.1, -0.05) is 18.2 Å². The number of rotatable bonds is 6. The maximum atomic E-state index is 5.43. The molecule has 0 amide bonds. The van der Waals surface area contributed by atoms with Gasteiger partial charge in [-0.3, -0.25) is 0 Å². The van der Waals surface area contributed by atoms with E-state index in [0.717, 1.165) is 6.54 Å². The lowest BCUT2D eigenvalue weighted by atomic mass is 10.2. The molecule has 0 unspecified atom stereocenters. The lowest BCUT2D eigenvalue weighted by Gasteiger charge is -2.06. The van der Waals surface area contributed by atoms with Crippen molar-refractivity contribution in [3.63, 3.8) is 0 Å². The largest absolute Gasteiger partial charge is 0.382 e. The molecule has 0 spiro atoms. The zero-order valence-corrected chi connectivity index (χ0v) is 9.48. The summed E-state index contributed by atoms with van der Waals surface area (Å²) in [5.74, 6) is 0. The Morgan fingerprint density at radius 3 is 2.94 bits per heavy atom. The highest BCUT2D eigenvalue weighted by molar-refractivity contribution is 5.79. The van der Waals surface area contributed by atoms with Crippen LogP contribution in [0, 0.1) is 6.20 Å². The third-order valence-corrected chi connectivity index (χ3v) is 2.49. The van der Waals surface area contributed by atoms with Crippen molar-refractivity contribution in [2.75, 3.05) is 26.9 Å². The van der Waals surface area contributed by atoms with Crippen LogP contribution < -0.4 is 0 Å². The summed E-state index contributed by atoms with van der Waals surface area (Å²) in [6.45, 7) is 2.82. The Kier molecular flexibility index (Phi) is 3.97. The van der Waals surface area contributed by atoms with Crippen molar-refractivity contribution in [2.24, 2.45) is 0 Å². The van der Waals surface area contributed by atoms with Crippen LogP contribution in [0.3, 0.4) is 0 Å². The average molecular weight is 218 g/mol. The third-order valence-electron chi connectivity index (χ3n) is 2.49. The molecule has 0 aliphatic carbocycles. The normalized spacial score (nSPS) is 11.1. The first kappa shape index (κ1) is 11.2. The number of hydrogen-bond donors (Lipinski definition) is 0. The molecule has 0 bridgehead atoms. The predicted molar refractivity (Wildman–Crippen MR) is 63.5 cm³/mol. The standard InChI is InChI=1S/C13H16NO2/c1-15-10-11-16-9-8-14-7-6-12-4-2-3-5-13(12)14/h2-6H,8-11H2,1H3. The van der Waals surface area contributed by atoms with Crippen molar-refractivity contribution in [2.45, 2.75) is 6.54 Å². The molecule has 0 aliphatic rings. The van der Waals surface area contributed by atoms with Crippen molar-refractivity contribution in [3.8, 4) is 0 Å². The number of hydrogen-bond acceptors (Lipinski definition) is 2. The Bertz CT molecular complexity index is 436. The van der Waals surface area contributed by atoms with E-state index in [2.05, 4.69) is 22.9 Å². The number of nitrogens with zero attached hydrogens (tertiary/aromatic N) is 1. The molecule has 1 radical (unpaired) electrons. The number of benzene rings is 1. The van der Waals surface area contributed by atoms with E-state index in [4.69, 9.17) is 9.47 Å². The first-order valence-corrected chi connectivity index (χ1v) is 5.44. The first-order chi connectivity index (χ1) is 7.92. The van der Waals surface area contributed by atoms with Gasteiger partial charge in [0.1, 0.15) is 0 Å². The topological polar surface area (TPSA) is 23.4 Å². The van der Waals surface area contributed by atoms with Gasteiger partial charge in [-0.2, -0.15) is 0 Å². The smallest absolute Gasteiger partial charge is 0.0701 e. The molecule has 3 heteroatoms. The van der Waals surface area contributed by atoms with E-state index in [1.807, 2.05) is 18.2 Å². The minimum Gasteiger partial charge on any atom is -0.382 e. The molecule has 0 aliphatic heterocycles. The third kappa shape index (κ3) is 2.62. The van der Waals surface area contributed by atoms with Crippen LogP contribution in [0.2, 0.25) is 0 Å². The number of methoxy groups -OCH3 is 1. The van der Waals surface area contributed by atoms with Crippen molar-refractivity contribution >= 4 is 10.9 Å². The Morgan fingerprint density at radius 2 is 2.06 bits per heavy atom. The molecule has 1 aromatic carbocycles. The van der Waals surface area contributed by atoms with E-state index in [-0.39, 0.29) is 0 Å². The molecular weight excluding hydrogens is 202 g/mol. The van der Waals surface area contributed by atoms with Gasteiger partial charge in [-0.05, 0) is 12.1 Å². The molecule has 0 saturated carbocycles. The fourth-order valence-corrected chi connectivity index (χ4v) is 1.66. The van der Waals surface area contributed by atoms with E-state index in [0.29, 0.717) is 19.8 Å². The minimum absolute atomic E-state index is 0.649. The highest BCUT2D eigenvalue weighted by atomic mass is 16.5. The van der Waals surface area contributed by atoms with E-state index in [1.54, 1.807) is 7.11 Å². The number of fused-ring (bicyclic) bond motifs is 1. The second kappa shape index (κ2) is 5.68. The van der Waals surface area contributed by atoms with Gasteiger partial charge < -0.3 is 14.0 Å². The Morgan fingerprint density at radius 1 is 1.19 bits per heavy atom. The number of ether oxygens (including phenoxy) is 2. The van der Waals surface area contributed by atoms with Crippen molar-refractivity contribution in [1.29, 1.82) is 0 Å². The van der Waals surface area contributed by atoms with Crippen LogP contribution in [-0.2, 0) is 16.0 Å². The Labute approximate surface area is 95.6 Å². The van der Waals surface area contributed by atoms with Gasteiger partial charge >= 0.3 is 0 Å². The molecule has 2 aromatic rings. The summed E-state index contributed by atoms with van der Waals surface area (Å²) in [6, 6.07) is 10.3. The highest BCUT2D eigenvalue weighted by Gasteiger charge is 1.99. The molecule has 0 N–H and O–H groups in total. The van der Waals surface area contributed by atoms with E-state index in [9.17, 15) is 0 Å². The molecule has 3 nitrogen and oxygen atoms in total. The van der Waals surface area contributed by atoms with Gasteiger partial charge in [0.25, 0.3) is 0 Å². The van der Waals surface area contributed by atoms with Gasteiger partial charge in [0.2, 0.25) is 0 Å². The maximum absolute atomic E-state index is 5.43. The van der Waals surface area contributed by atoms with Crippen molar-refractivity contribution in [1.82, 2.24) is 4.57 Å². The van der Waals surface area contributed by atoms with Crippen LogP contribution >= 0.6 is 0 Å². The summed E-state index contributed by atoms with van der Waals surface area (Å²) in [5, 5.41) is 1.22. The molecule has 2 rings (SSSR count). The molecule has 0 atom stereocenters. The van der Waals surface area contributed by atoms with Crippen molar-refractivity contribution in [3.05, 3.63) is 36.5 Å². The van der Waals surface area contributed by atoms with Crippen LogP contribution in [0.4, 0.5) is 0 Å². The monoisotopic (exact) mass is 218 g/mol. The first-order valence-electron chi connectivity index (χ1n) is 5.44. The summed E-state index contributed by atoms with van der Waals surface area (Å²) in [6.07, 6.45) is 3.21. The van der Waals surface area contributed by atoms with Gasteiger partial charge in [-0.15, -0.1) is 0 Å². The maximum Gasteiger partial charge on any atom is 0.0701 e. The van der Waals surface area contributed by atoms with Crippen LogP contribution in [0.25, 0.3) is 10.9 Å². The van der Waals surface area contributed by atoms with Gasteiger partial charge in [-0.25, -0.2) is 0 Å². The van der Waals surface area contributed by atoms with E-state index < -0.39 is 0 Å². The van der Waals surface area contributed by atoms with E-state index >= 15 is 0 Å². The summed E-state index contributed by atoms with van der Waals surface area (Å²) in [5.41, 5.74) is 1.21. The highest BCUT2D eigenvalue weighted by Crippen LogP contribution is 2.13. The molecule has 85 valence electrons. The lowest BCUT2D eigenvalue weighted by Crippen LogP contribution is -2.08. The zero-order valence-electron chi connectivity index (χ0n) is 9.48. The molecular formula is C13H16NO2. The predicted octanol–water partition coefficient (Wildman–Crippen LogP) is 2.10. The SMILES string of the molecule is COCCOCCn1[c]cc2ccccc21. The molecule has 1 heterocycles. The lowest BCUT2D eigenvalue weighted by molar-refractivity contribution is 0.0669. The van der Waals surface area contributed by atoms with E-state index in [1.165, 1.54) is 10.9 Å². The summed E-state index contributed by atoms with van der Waals surface area (Å²) >= 11 is 0. The molecule has 16 heavy (non-hydrogen) atoms. The number of para-hydroxylation sites is 1. The summed E-state index contributed by atoms with van der Waals surface area (Å²) in [7, 11) is 1.68. The van der Waals surface area contributed by atoms with Gasteiger partial charge in [0, 0.05) is 24.6 Å². The second-order valence-corrected chi connectivity index (χ2v) is 3.59. The van der Waals surface area contributed by atoms with Crippen LogP contribution in [-0.4, -0.2) is 31.5 Å². The Hall–Kier alpha value is -1.32. The minimum atomic E-state index is 0.649. The number of aromatic nitrogens is 1. The summed E-state index contributed by atoms with van der Waals surface area (Å²) < 4.78 is 12.4. The molecule has 0 fully saturated rings. The molecule has 1 aromatic heterocycles. The fraction of sp³-hybridized carbons (Fsp3) is 0.385. The van der Waals surface area contributed by atoms with Crippen LogP contribution in [0.5, 0.6) is 0 Å². The summed E-state index contributed by atoms with van der Waals surface area (Å²) in [4.78, 5) is 0.